The SMILES string of the molecule is C.CC(C)=O.CC(C)C.CCCC(C)(CCC)NC.CCCc1cccc(NNC)c1.Cc1ccc(C=O)cc1C. The minimum absolute atomic E-state index is 0. The topological polar surface area (TPSA) is 70.2 Å². The zero-order valence-electron chi connectivity index (χ0n) is 28.3. The zero-order chi connectivity index (χ0) is 31.6. The highest BCUT2D eigenvalue weighted by molar-refractivity contribution is 5.75. The molecule has 0 bridgehead atoms. The van der Waals surface area contributed by atoms with Crippen molar-refractivity contribution < 1.29 is 9.59 Å². The Bertz CT molecular complexity index is 860. The molecule has 0 aliphatic carbocycles. The normalized spacial score (nSPS) is 9.61. The molecule has 0 amide bonds. The molecule has 2 rings (SSSR count). The van der Waals surface area contributed by atoms with E-state index in [0.717, 1.165) is 29.9 Å². The molecule has 0 saturated carbocycles. The van der Waals surface area contributed by atoms with Crippen molar-refractivity contribution in [2.24, 2.45) is 5.92 Å². The van der Waals surface area contributed by atoms with Crippen molar-refractivity contribution in [3.05, 3.63) is 64.7 Å². The summed E-state index contributed by atoms with van der Waals surface area (Å²) in [6, 6.07) is 14.1. The summed E-state index contributed by atoms with van der Waals surface area (Å²) >= 11 is 0. The zero-order valence-corrected chi connectivity index (χ0v) is 28.3. The first-order chi connectivity index (χ1) is 18.7. The Labute approximate surface area is 255 Å². The van der Waals surface area contributed by atoms with E-state index in [4.69, 9.17) is 0 Å². The van der Waals surface area contributed by atoms with Gasteiger partial charge < -0.3 is 15.5 Å². The molecule has 0 aliphatic heterocycles. The molecule has 238 valence electrons. The van der Waals surface area contributed by atoms with Crippen LogP contribution in [-0.2, 0) is 11.2 Å². The third-order valence-electron chi connectivity index (χ3n) is 5.61. The molecule has 0 saturated heterocycles. The summed E-state index contributed by atoms with van der Waals surface area (Å²) in [4.78, 5) is 19.7. The second-order valence-electron chi connectivity index (χ2n) is 11.2. The molecule has 0 heterocycles. The summed E-state index contributed by atoms with van der Waals surface area (Å²) in [6.07, 6.45) is 8.35. The number of hydrogen-bond acceptors (Lipinski definition) is 5. The number of Topliss-reactive ketones (excluding diaryl/α,β-unsaturated/α-hetero) is 1. The molecule has 5 heteroatoms. The summed E-state index contributed by atoms with van der Waals surface area (Å²) in [5.41, 5.74) is 12.0. The lowest BCUT2D eigenvalue weighted by atomic mass is 9.91. The van der Waals surface area contributed by atoms with Crippen molar-refractivity contribution >= 4 is 17.8 Å². The highest BCUT2D eigenvalue weighted by Crippen LogP contribution is 2.17. The number of ketones is 1. The average molecular weight is 574 g/mol. The maximum absolute atomic E-state index is 10.3. The molecule has 2 aromatic rings. The lowest BCUT2D eigenvalue weighted by molar-refractivity contribution is -0.115. The Kier molecular flexibility index (Phi) is 32.2. The van der Waals surface area contributed by atoms with Crippen LogP contribution in [0.5, 0.6) is 0 Å². The maximum Gasteiger partial charge on any atom is 0.150 e. The summed E-state index contributed by atoms with van der Waals surface area (Å²) in [5.74, 6) is 1.00. The number of hydrogen-bond donors (Lipinski definition) is 3. The fourth-order valence-corrected chi connectivity index (χ4v) is 3.55. The highest BCUT2D eigenvalue weighted by Gasteiger charge is 2.18. The fraction of sp³-hybridized carbons (Fsp3) is 0.611. The van der Waals surface area contributed by atoms with Gasteiger partial charge in [0.15, 0.2) is 0 Å². The molecular weight excluding hydrogens is 506 g/mol. The van der Waals surface area contributed by atoms with Crippen LogP contribution in [-0.4, -0.2) is 31.7 Å². The maximum atomic E-state index is 10.3. The van der Waals surface area contributed by atoms with Crippen molar-refractivity contribution in [1.82, 2.24) is 10.7 Å². The molecule has 3 N–H and O–H groups in total. The third-order valence-corrected chi connectivity index (χ3v) is 5.61. The van der Waals surface area contributed by atoms with Crippen molar-refractivity contribution in [1.29, 1.82) is 0 Å². The number of nitrogens with one attached hydrogen (secondary N) is 3. The fourth-order valence-electron chi connectivity index (χ4n) is 3.55. The molecule has 0 atom stereocenters. The molecule has 0 aliphatic rings. The number of carbonyl (C=O) groups excluding carboxylic acids is 2. The van der Waals surface area contributed by atoms with Gasteiger partial charge in [-0.1, -0.05) is 92.5 Å². The van der Waals surface area contributed by atoms with Gasteiger partial charge in [0.1, 0.15) is 12.1 Å². The van der Waals surface area contributed by atoms with Crippen molar-refractivity contribution in [2.75, 3.05) is 19.5 Å². The van der Waals surface area contributed by atoms with E-state index in [0.29, 0.717) is 5.54 Å². The van der Waals surface area contributed by atoms with Gasteiger partial charge in [-0.15, -0.1) is 0 Å². The quantitative estimate of drug-likeness (QED) is 0.195. The van der Waals surface area contributed by atoms with Crippen molar-refractivity contribution in [3.8, 4) is 0 Å². The molecule has 0 radical (unpaired) electrons. The summed E-state index contributed by atoms with van der Waals surface area (Å²) in [5, 5.41) is 3.38. The van der Waals surface area contributed by atoms with E-state index >= 15 is 0 Å². The first-order valence-corrected chi connectivity index (χ1v) is 15.0. The predicted molar refractivity (Wildman–Crippen MR) is 185 cm³/mol. The molecule has 0 spiro atoms. The van der Waals surface area contributed by atoms with Crippen molar-refractivity contribution in [2.45, 2.75) is 128 Å². The standard InChI is InChI=1S/C10H16N2.C9H21N.C9H10O.C4H10.C3H6O.CH4/c1-3-5-9-6-4-7-10(8-9)12-11-2;1-5-7-9(3,10-4)8-6-2;1-7-3-4-9(6-10)5-8(7)2;1-4(2)3;1-3(2)4;/h4,6-8,11-12H,3,5H2,1-2H3;10H,5-8H2,1-4H3;3-6H,1-2H3;4H,1-3H3;1-2H3;1H4. The van der Waals surface area contributed by atoms with Gasteiger partial charge in [-0.3, -0.25) is 4.79 Å². The van der Waals surface area contributed by atoms with Crippen LogP contribution in [0.15, 0.2) is 42.5 Å². The van der Waals surface area contributed by atoms with E-state index in [-0.39, 0.29) is 13.2 Å². The molecule has 41 heavy (non-hydrogen) atoms. The van der Waals surface area contributed by atoms with E-state index in [1.54, 1.807) is 0 Å². The van der Waals surface area contributed by atoms with Crippen LogP contribution in [0.2, 0.25) is 0 Å². The van der Waals surface area contributed by atoms with Crippen LogP contribution in [0, 0.1) is 19.8 Å². The Morgan fingerprint density at radius 2 is 1.39 bits per heavy atom. The molecule has 0 fully saturated rings. The largest absolute Gasteiger partial charge is 0.322 e. The Balaban J connectivity index is -0.000000220. The van der Waals surface area contributed by atoms with Gasteiger partial charge in [-0.05, 0) is 102 Å². The van der Waals surface area contributed by atoms with Gasteiger partial charge >= 0.3 is 0 Å². The van der Waals surface area contributed by atoms with Crippen LogP contribution >= 0.6 is 0 Å². The van der Waals surface area contributed by atoms with Crippen LogP contribution in [0.4, 0.5) is 5.69 Å². The molecule has 0 unspecified atom stereocenters. The first-order valence-electron chi connectivity index (χ1n) is 15.0. The highest BCUT2D eigenvalue weighted by atomic mass is 16.1. The summed E-state index contributed by atoms with van der Waals surface area (Å²) in [6.45, 7) is 22.6. The van der Waals surface area contributed by atoms with Crippen LogP contribution in [0.25, 0.3) is 0 Å². The number of benzene rings is 2. The first kappa shape index (κ1) is 45.5. The Morgan fingerprint density at radius 1 is 0.878 bits per heavy atom. The van der Waals surface area contributed by atoms with Crippen LogP contribution < -0.4 is 16.2 Å². The molecule has 2 aromatic carbocycles. The van der Waals surface area contributed by atoms with E-state index < -0.39 is 0 Å². The van der Waals surface area contributed by atoms with Gasteiger partial charge in [0.2, 0.25) is 0 Å². The minimum Gasteiger partial charge on any atom is -0.322 e. The minimum atomic E-state index is 0. The smallest absolute Gasteiger partial charge is 0.150 e. The van der Waals surface area contributed by atoms with Gasteiger partial charge in [0.25, 0.3) is 0 Å². The number of rotatable bonds is 10. The van der Waals surface area contributed by atoms with Gasteiger partial charge in [0.05, 0.1) is 0 Å². The van der Waals surface area contributed by atoms with E-state index in [2.05, 4.69) is 95.9 Å². The molecular formula is C36H67N3O2. The second kappa shape index (κ2) is 29.0. The average Bonchev–Trinajstić information content (AvgIpc) is 2.87. The number of aldehydes is 1. The lowest BCUT2D eigenvalue weighted by Crippen LogP contribution is -2.39. The Morgan fingerprint density at radius 3 is 1.76 bits per heavy atom. The number of carbonyl (C=O) groups is 2. The second-order valence-corrected chi connectivity index (χ2v) is 11.2. The molecule has 5 nitrogen and oxygen atoms in total. The summed E-state index contributed by atoms with van der Waals surface area (Å²) in [7, 11) is 3.93. The Hall–Kier alpha value is -2.50. The van der Waals surface area contributed by atoms with E-state index in [1.165, 1.54) is 62.6 Å². The van der Waals surface area contributed by atoms with E-state index in [9.17, 15) is 9.59 Å². The number of aryl methyl sites for hydroxylation is 3. The van der Waals surface area contributed by atoms with Gasteiger partial charge in [-0.2, -0.15) is 0 Å². The van der Waals surface area contributed by atoms with Crippen LogP contribution in [0.3, 0.4) is 0 Å². The van der Waals surface area contributed by atoms with Gasteiger partial charge in [0, 0.05) is 23.8 Å². The third kappa shape index (κ3) is 30.3. The monoisotopic (exact) mass is 574 g/mol. The van der Waals surface area contributed by atoms with Gasteiger partial charge in [-0.25, -0.2) is 5.43 Å². The number of hydrazine groups is 1. The van der Waals surface area contributed by atoms with E-state index in [1.807, 2.05) is 39.1 Å². The van der Waals surface area contributed by atoms with Crippen LogP contribution in [0.1, 0.15) is 129 Å². The number of anilines is 1. The molecule has 0 aromatic heterocycles. The van der Waals surface area contributed by atoms with Crippen molar-refractivity contribution in [3.63, 3.8) is 0 Å². The lowest BCUT2D eigenvalue weighted by Gasteiger charge is -2.28. The summed E-state index contributed by atoms with van der Waals surface area (Å²) < 4.78 is 0. The predicted octanol–water partition coefficient (Wildman–Crippen LogP) is 9.76.